The molecule has 0 fully saturated rings. The number of allylic oxidation sites excluding steroid dienone is 2. The van der Waals surface area contributed by atoms with Crippen LogP contribution in [0.3, 0.4) is 0 Å². The quantitative estimate of drug-likeness (QED) is 0.403. The van der Waals surface area contributed by atoms with Crippen LogP contribution in [0.1, 0.15) is 0 Å². The van der Waals surface area contributed by atoms with Crippen LogP contribution in [0, 0.1) is 10.2 Å². The number of quaternary nitrogens is 1. The normalized spacial score (nSPS) is 15.6. The molecule has 0 amide bonds. The molecule has 1 aliphatic heterocycles. The Morgan fingerprint density at radius 3 is 1.73 bits per heavy atom. The lowest BCUT2D eigenvalue weighted by Crippen LogP contribution is -2.78. The highest BCUT2D eigenvalue weighted by molar-refractivity contribution is 5.00. The van der Waals surface area contributed by atoms with Crippen molar-refractivity contribution in [1.29, 1.82) is 0 Å². The molecule has 2 N–H and O–H groups in total. The summed E-state index contributed by atoms with van der Waals surface area (Å²) in [5.41, 5.74) is 0. The van der Waals surface area contributed by atoms with E-state index in [0.29, 0.717) is 0 Å². The van der Waals surface area contributed by atoms with Crippen molar-refractivity contribution >= 4 is 0 Å². The van der Waals surface area contributed by atoms with Crippen molar-refractivity contribution in [3.63, 3.8) is 0 Å². The Balaban J connectivity index is 0.000000187. The first-order chi connectivity index (χ1) is 5.00. The van der Waals surface area contributed by atoms with Gasteiger partial charge in [0.2, 0.25) is 0 Å². The molecule has 1 rings (SSSR count). The molecule has 0 atom stereocenters. The smallest absolute Gasteiger partial charge is 0.0987 e. The van der Waals surface area contributed by atoms with Crippen molar-refractivity contribution in [2.24, 2.45) is 0 Å². The number of halogens is 1. The fourth-order valence-corrected chi connectivity index (χ4v) is 0.457. The van der Waals surface area contributed by atoms with Crippen LogP contribution >= 0.6 is 0 Å². The summed E-state index contributed by atoms with van der Waals surface area (Å²) in [6, 6.07) is 0. The predicted octanol–water partition coefficient (Wildman–Crippen LogP) is -5.12. The summed E-state index contributed by atoms with van der Waals surface area (Å²) in [4.78, 5) is 0. The van der Waals surface area contributed by atoms with Crippen molar-refractivity contribution in [3.8, 4) is 0 Å². The number of rotatable bonds is 0. The summed E-state index contributed by atoms with van der Waals surface area (Å²) < 4.78 is 34.0. The fourth-order valence-electron chi connectivity index (χ4n) is 0.457. The molecule has 1 heterocycles. The minimum Gasteiger partial charge on any atom is -0.317 e. The van der Waals surface area contributed by atoms with Crippen LogP contribution in [-0.2, 0) is 0 Å². The van der Waals surface area contributed by atoms with Gasteiger partial charge in [0.15, 0.2) is 0 Å². The highest BCUT2D eigenvalue weighted by Gasteiger charge is 1.84. The second-order valence-electron chi connectivity index (χ2n) is 1.66. The Bertz CT molecular complexity index is 133. The van der Waals surface area contributed by atoms with Crippen molar-refractivity contribution in [2.45, 2.75) is 0 Å². The molecule has 1 aliphatic rings. The standard InChI is InChI=1S/C5H7N.ClHO4/c1-2-4-6-5-3-1;2-1(3,4)5/h1-4,6H,5H2;(H,2,3,4,5). The average molecular weight is 182 g/mol. The molecule has 64 valence electrons. The van der Waals surface area contributed by atoms with Gasteiger partial charge in [0, 0.05) is 0 Å². The minimum absolute atomic E-state index is 1.11. The molecular formula is C5H8ClNO4. The zero-order valence-electron chi connectivity index (χ0n) is 5.60. The van der Waals surface area contributed by atoms with Gasteiger partial charge in [-0.25, -0.2) is 18.6 Å². The summed E-state index contributed by atoms with van der Waals surface area (Å²) >= 11 is 0. The molecule has 6 heteroatoms. The van der Waals surface area contributed by atoms with Crippen LogP contribution in [0.2, 0.25) is 0 Å². The van der Waals surface area contributed by atoms with Crippen LogP contribution in [0.15, 0.2) is 24.4 Å². The molecule has 11 heavy (non-hydrogen) atoms. The Morgan fingerprint density at radius 2 is 1.64 bits per heavy atom. The maximum absolute atomic E-state index is 8.49. The molecule has 0 aromatic carbocycles. The summed E-state index contributed by atoms with van der Waals surface area (Å²) in [7, 11) is -4.94. The van der Waals surface area contributed by atoms with E-state index in [1.165, 1.54) is 0 Å². The van der Waals surface area contributed by atoms with Gasteiger partial charge in [-0.15, -0.1) is 10.2 Å². The second kappa shape index (κ2) is 5.25. The lowest BCUT2D eigenvalue weighted by atomic mass is 10.4. The van der Waals surface area contributed by atoms with Crippen LogP contribution < -0.4 is 24.0 Å². The molecule has 0 spiro atoms. The summed E-state index contributed by atoms with van der Waals surface area (Å²) in [6.45, 7) is 1.11. The van der Waals surface area contributed by atoms with Crippen molar-refractivity contribution in [3.05, 3.63) is 24.4 Å². The highest BCUT2D eigenvalue weighted by atomic mass is 35.7. The van der Waals surface area contributed by atoms with E-state index in [2.05, 4.69) is 23.7 Å². The van der Waals surface area contributed by atoms with Crippen molar-refractivity contribution < 1.29 is 34.2 Å². The minimum atomic E-state index is -4.94. The zero-order valence-corrected chi connectivity index (χ0v) is 6.36. The van der Waals surface area contributed by atoms with Gasteiger partial charge in [0.05, 0.1) is 12.7 Å². The number of hydrogen-bond donors (Lipinski definition) is 1. The third-order valence-corrected chi connectivity index (χ3v) is 0.767. The van der Waals surface area contributed by atoms with E-state index in [1.54, 1.807) is 0 Å². The SMILES string of the molecule is C1=CC[NH2+]C=C1.[O-][Cl+3]([O-])([O-])[O-]. The van der Waals surface area contributed by atoms with E-state index in [9.17, 15) is 0 Å². The van der Waals surface area contributed by atoms with Gasteiger partial charge in [-0.1, -0.05) is 6.08 Å². The molecule has 0 saturated heterocycles. The lowest BCUT2D eigenvalue weighted by molar-refractivity contribution is -2.00. The first-order valence-corrected chi connectivity index (χ1v) is 4.00. The van der Waals surface area contributed by atoms with Gasteiger partial charge in [0.25, 0.3) is 0 Å². The molecule has 0 bridgehead atoms. The maximum atomic E-state index is 8.49. The van der Waals surface area contributed by atoms with E-state index in [4.69, 9.17) is 18.6 Å². The van der Waals surface area contributed by atoms with Crippen LogP contribution in [0.4, 0.5) is 0 Å². The van der Waals surface area contributed by atoms with Crippen molar-refractivity contribution in [2.75, 3.05) is 6.54 Å². The molecule has 0 radical (unpaired) electrons. The monoisotopic (exact) mass is 181 g/mol. The molecule has 0 aliphatic carbocycles. The van der Waals surface area contributed by atoms with Gasteiger partial charge >= 0.3 is 0 Å². The summed E-state index contributed by atoms with van der Waals surface area (Å²) in [5.74, 6) is 0. The third kappa shape index (κ3) is 17.7. The van der Waals surface area contributed by atoms with Gasteiger partial charge in [-0.3, -0.25) is 0 Å². The third-order valence-electron chi connectivity index (χ3n) is 0.767. The Labute approximate surface area is 66.0 Å². The van der Waals surface area contributed by atoms with Crippen LogP contribution in [0.5, 0.6) is 0 Å². The van der Waals surface area contributed by atoms with Gasteiger partial charge in [-0.05, 0) is 12.2 Å². The van der Waals surface area contributed by atoms with E-state index in [0.717, 1.165) is 6.54 Å². The fraction of sp³-hybridized carbons (Fsp3) is 0.200. The molecule has 0 unspecified atom stereocenters. The first kappa shape index (κ1) is 10.6. The molecule has 0 aromatic rings. The van der Waals surface area contributed by atoms with Crippen LogP contribution in [0.25, 0.3) is 0 Å². The van der Waals surface area contributed by atoms with E-state index in [1.807, 2.05) is 6.08 Å². The van der Waals surface area contributed by atoms with E-state index >= 15 is 0 Å². The Morgan fingerprint density at radius 1 is 1.09 bits per heavy atom. The first-order valence-electron chi connectivity index (χ1n) is 2.77. The molecular weight excluding hydrogens is 174 g/mol. The zero-order chi connectivity index (χ0) is 8.74. The lowest BCUT2D eigenvalue weighted by Gasteiger charge is -2.17. The predicted molar refractivity (Wildman–Crippen MR) is 25.1 cm³/mol. The van der Waals surface area contributed by atoms with Crippen LogP contribution in [-0.4, -0.2) is 6.54 Å². The van der Waals surface area contributed by atoms with Crippen molar-refractivity contribution in [1.82, 2.24) is 0 Å². The maximum Gasteiger partial charge on any atom is 0.0987 e. The molecule has 0 aromatic heterocycles. The average Bonchev–Trinajstić information content (AvgIpc) is 1.88. The highest BCUT2D eigenvalue weighted by Crippen LogP contribution is 1.71. The number of hydrogen-bond acceptors (Lipinski definition) is 4. The topological polar surface area (TPSA) is 109 Å². The second-order valence-corrected chi connectivity index (χ2v) is 2.42. The Hall–Kier alpha value is -0.430. The van der Waals surface area contributed by atoms with Gasteiger partial charge < -0.3 is 5.32 Å². The summed E-state index contributed by atoms with van der Waals surface area (Å²) in [5, 5.41) is 2.12. The summed E-state index contributed by atoms with van der Waals surface area (Å²) in [6.07, 6.45) is 8.27. The molecule has 0 saturated carbocycles. The van der Waals surface area contributed by atoms with Gasteiger partial charge in [-0.2, -0.15) is 0 Å². The number of nitrogens with two attached hydrogens (primary N) is 1. The van der Waals surface area contributed by atoms with E-state index in [-0.39, 0.29) is 0 Å². The van der Waals surface area contributed by atoms with Gasteiger partial charge in [0.1, 0.15) is 0 Å². The largest absolute Gasteiger partial charge is 0.317 e. The molecule has 5 nitrogen and oxygen atoms in total. The Kier molecular flexibility index (Phi) is 5.05. The van der Waals surface area contributed by atoms with E-state index < -0.39 is 10.2 Å².